The lowest BCUT2D eigenvalue weighted by molar-refractivity contribution is -0.329. The Hall–Kier alpha value is -1.60. The molecule has 93 heavy (non-hydrogen) atoms. The lowest BCUT2D eigenvalue weighted by atomic mass is 9.97. The topological polar surface area (TPSA) is 335 Å². The van der Waals surface area contributed by atoms with Crippen molar-refractivity contribution in [3.8, 4) is 0 Å². The van der Waals surface area contributed by atoms with Crippen LogP contribution in [0.25, 0.3) is 0 Å². The van der Waals surface area contributed by atoms with Crippen molar-refractivity contribution in [2.45, 2.75) is 352 Å². The summed E-state index contributed by atoms with van der Waals surface area (Å²) in [6.07, 6.45) is 20.5. The second kappa shape index (κ2) is 53.3. The molecule has 24 nitrogen and oxygen atoms in total. The summed E-state index contributed by atoms with van der Waals surface area (Å²) in [5, 5.41) is 0. The van der Waals surface area contributed by atoms with Crippen LogP contribution in [0.5, 0.6) is 0 Å². The fourth-order valence-electron chi connectivity index (χ4n) is 11.7. The van der Waals surface area contributed by atoms with E-state index in [2.05, 4.69) is 39.8 Å². The third-order valence-corrected chi connectivity index (χ3v) is 18.3. The summed E-state index contributed by atoms with van der Waals surface area (Å²) in [7, 11) is -13.7. The maximum absolute atomic E-state index is 14.1. The fourth-order valence-corrected chi connectivity index (χ4v) is 13.3. The summed E-state index contributed by atoms with van der Waals surface area (Å²) in [5.41, 5.74) is 0. The normalized spacial score (nSPS) is 22.6. The third-order valence-electron chi connectivity index (χ3n) is 16.8. The monoisotopic (exact) mass is 1390 g/mol. The molecular weight excluding hydrogens is 1270 g/mol. The number of rotatable bonds is 61. The molecule has 2 fully saturated rings. The van der Waals surface area contributed by atoms with Crippen LogP contribution in [0, 0.1) is 0 Å². The second-order valence-electron chi connectivity index (χ2n) is 25.1. The van der Waals surface area contributed by atoms with E-state index in [1.165, 1.54) is 45.6 Å². The van der Waals surface area contributed by atoms with E-state index in [9.17, 15) is 57.4 Å². The van der Waals surface area contributed by atoms with E-state index in [0.29, 0.717) is 44.9 Å². The third kappa shape index (κ3) is 43.5. The first-order valence-corrected chi connectivity index (χ1v) is 40.1. The molecule has 0 radical (unpaired) electrons. The number of phosphoric ester groups is 3. The van der Waals surface area contributed by atoms with Gasteiger partial charge in [-0.3, -0.25) is 28.0 Å². The van der Waals surface area contributed by atoms with Crippen LogP contribution < -0.4 is 0 Å². The number of unbranched alkanes of at least 4 members (excludes halogenated alkanes) is 30. The molecule has 0 aromatic heterocycles. The van der Waals surface area contributed by atoms with Crippen LogP contribution >= 0.6 is 23.5 Å². The van der Waals surface area contributed by atoms with Gasteiger partial charge in [0.15, 0.2) is 18.5 Å². The van der Waals surface area contributed by atoms with Crippen molar-refractivity contribution in [1.29, 1.82) is 0 Å². The van der Waals surface area contributed by atoms with Gasteiger partial charge in [0, 0.05) is 40.3 Å². The molecular formula is C66H125O24P3. The van der Waals surface area contributed by atoms with Gasteiger partial charge in [0.1, 0.15) is 48.8 Å². The van der Waals surface area contributed by atoms with Gasteiger partial charge in [-0.15, -0.1) is 0 Å². The Morgan fingerprint density at radius 3 is 1.29 bits per heavy atom. The molecule has 0 amide bonds. The molecule has 0 aromatic carbocycles. The van der Waals surface area contributed by atoms with Crippen molar-refractivity contribution >= 4 is 41.2 Å². The van der Waals surface area contributed by atoms with Crippen molar-refractivity contribution in [3.63, 3.8) is 0 Å². The van der Waals surface area contributed by atoms with E-state index in [1.54, 1.807) is 7.11 Å². The lowest BCUT2D eigenvalue weighted by Gasteiger charge is -2.47. The molecule has 11 atom stereocenters. The van der Waals surface area contributed by atoms with Gasteiger partial charge in [0.25, 0.3) is 0 Å². The summed E-state index contributed by atoms with van der Waals surface area (Å²) < 4.78 is 109. The van der Waals surface area contributed by atoms with Crippen molar-refractivity contribution in [3.05, 3.63) is 12.2 Å². The van der Waals surface area contributed by atoms with Crippen LogP contribution in [-0.2, 0) is 84.3 Å². The molecule has 0 unspecified atom stereocenters. The number of phosphoric acid groups is 3. The molecule has 2 saturated heterocycles. The predicted octanol–water partition coefficient (Wildman–Crippen LogP) is 14.6. The van der Waals surface area contributed by atoms with Gasteiger partial charge in [0.2, 0.25) is 6.29 Å². The van der Waals surface area contributed by atoms with Crippen LogP contribution in [0.3, 0.4) is 0 Å². The molecule has 0 aromatic rings. The number of carbonyl (C=O) groups excluding carboxylic acids is 3. The first-order valence-electron chi connectivity index (χ1n) is 35.5. The van der Waals surface area contributed by atoms with Crippen LogP contribution in [-0.4, -0.2) is 155 Å². The first-order chi connectivity index (χ1) is 44.6. The Kier molecular flexibility index (Phi) is 50.2. The Balaban J connectivity index is 2.59. The summed E-state index contributed by atoms with van der Waals surface area (Å²) in [5.74, 6) is -2.40. The summed E-state index contributed by atoms with van der Waals surface area (Å²) in [4.78, 5) is 103. The molecule has 6 N–H and O–H groups in total. The molecule has 2 aliphatic heterocycles. The maximum atomic E-state index is 14.1. The van der Waals surface area contributed by atoms with Gasteiger partial charge in [-0.1, -0.05) is 220 Å². The average molecular weight is 1400 g/mol. The lowest BCUT2D eigenvalue weighted by Crippen LogP contribution is -2.64. The number of Topliss-reactive ketones (excluding diaryl/α,β-unsaturated/α-hetero) is 1. The molecule has 27 heteroatoms. The minimum atomic E-state index is -5.60. The van der Waals surface area contributed by atoms with E-state index >= 15 is 0 Å². The van der Waals surface area contributed by atoms with E-state index in [0.717, 1.165) is 154 Å². The molecule has 2 aliphatic rings. The summed E-state index contributed by atoms with van der Waals surface area (Å²) in [6.45, 7) is 7.05. The second-order valence-corrected chi connectivity index (χ2v) is 28.7. The molecule has 548 valence electrons. The Morgan fingerprint density at radius 1 is 0.409 bits per heavy atom. The van der Waals surface area contributed by atoms with Crippen LogP contribution in [0.4, 0.5) is 0 Å². The zero-order chi connectivity index (χ0) is 68.6. The van der Waals surface area contributed by atoms with Crippen LogP contribution in [0.1, 0.15) is 285 Å². The number of hydrogen-bond acceptors (Lipinski definition) is 18. The zero-order valence-electron chi connectivity index (χ0n) is 57.5. The zero-order valence-corrected chi connectivity index (χ0v) is 60.2. The number of methoxy groups -OCH3 is 2. The Morgan fingerprint density at radius 2 is 0.806 bits per heavy atom. The summed E-state index contributed by atoms with van der Waals surface area (Å²) >= 11 is 0. The average Bonchev–Trinajstić information content (AvgIpc) is 0.833. The van der Waals surface area contributed by atoms with Crippen molar-refractivity contribution in [1.82, 2.24) is 0 Å². The molecule has 0 spiro atoms. The Labute approximate surface area is 557 Å². The number of esters is 2. The van der Waals surface area contributed by atoms with Gasteiger partial charge < -0.3 is 72.0 Å². The number of hydrogen-bond donors (Lipinski definition) is 6. The van der Waals surface area contributed by atoms with Crippen molar-refractivity contribution < 1.29 is 114 Å². The van der Waals surface area contributed by atoms with Gasteiger partial charge in [-0.2, -0.15) is 0 Å². The molecule has 0 bridgehead atoms. The number of carbonyl (C=O) groups is 3. The number of ketones is 1. The highest BCUT2D eigenvalue weighted by Gasteiger charge is 2.56. The number of ether oxygens (including phenoxy) is 9. The van der Waals surface area contributed by atoms with Gasteiger partial charge in [-0.05, 0) is 57.8 Å². The standard InChI is InChI=1S/C66H125O24P3/c1-7-11-15-19-22-25-26-27-28-29-30-32-34-38-42-46-57(68)86-63-61(82-49-47-54(80-6)45-41-36-18-14-10-4)59(88-91(70,71)72)55(51-79-5)84-65(63)83-52-56-60(89-92(73,74)75)62(81-48-43-39-35-24-21-17-13-9-3)64(66(85-56)90-93(76,77)78)87-58(69)50-53(67)44-40-37-33-31-23-20-16-12-8-2/h25-26,54-56,59-66H,7-24,27-52H2,1-6H3,(H2,70,71,72)(H2,73,74,75)(H2,76,77,78)/b26-25-/t54-,55+,56+,59+,60+,61-,62-,63+,64+,65+,66+/m0/s1. The quantitative estimate of drug-likeness (QED) is 0.0108. The van der Waals surface area contributed by atoms with Gasteiger partial charge >= 0.3 is 35.4 Å². The maximum Gasteiger partial charge on any atom is 0.472 e. The SMILES string of the molecule is CCCCCC/C=C\CCCCCCCCCC(=O)O[C@H]1[C@H](OC[C@H]2O[C@H](OP(=O)(O)O)[C@H](OC(=O)CC(=O)CCCCCCCCCCC)[C@@H](OCCCCCCCCCC)[C@@H]2OP(=O)(O)O)O[C@H](COC)[C@@H](OP(=O)(O)O)[C@@H]1OCC[C@H](CCCCCCC)OC. The minimum absolute atomic E-state index is 0.0456. The highest BCUT2D eigenvalue weighted by Crippen LogP contribution is 2.47. The molecule has 0 saturated carbocycles. The highest BCUT2D eigenvalue weighted by molar-refractivity contribution is 7.46. The summed E-state index contributed by atoms with van der Waals surface area (Å²) in [6, 6.07) is 0. The van der Waals surface area contributed by atoms with E-state index in [1.807, 2.05) is 0 Å². The predicted molar refractivity (Wildman–Crippen MR) is 354 cm³/mol. The van der Waals surface area contributed by atoms with E-state index in [-0.39, 0.29) is 32.2 Å². The fraction of sp³-hybridized carbons (Fsp3) is 0.924. The van der Waals surface area contributed by atoms with Crippen LogP contribution in [0.15, 0.2) is 12.2 Å². The van der Waals surface area contributed by atoms with Crippen LogP contribution in [0.2, 0.25) is 0 Å². The van der Waals surface area contributed by atoms with E-state index in [4.69, 9.17) is 56.2 Å². The Bertz CT molecular complexity index is 2070. The number of allylic oxidation sites excluding steroid dienone is 2. The molecule has 0 aliphatic carbocycles. The van der Waals surface area contributed by atoms with Gasteiger partial charge in [0.05, 0.1) is 19.3 Å². The highest BCUT2D eigenvalue weighted by atomic mass is 31.2. The van der Waals surface area contributed by atoms with E-state index < -0.39 is 122 Å². The first kappa shape index (κ1) is 87.5. The van der Waals surface area contributed by atoms with Crippen molar-refractivity contribution in [2.75, 3.05) is 40.6 Å². The molecule has 2 heterocycles. The smallest absolute Gasteiger partial charge is 0.454 e. The molecule has 2 rings (SSSR count). The van der Waals surface area contributed by atoms with Crippen molar-refractivity contribution in [2.24, 2.45) is 0 Å². The largest absolute Gasteiger partial charge is 0.472 e. The minimum Gasteiger partial charge on any atom is -0.454 e. The van der Waals surface area contributed by atoms with Gasteiger partial charge in [-0.25, -0.2) is 13.7 Å².